The van der Waals surface area contributed by atoms with Gasteiger partial charge < -0.3 is 14.6 Å². The Balaban J connectivity index is 2.32. The molecule has 0 radical (unpaired) electrons. The Morgan fingerprint density at radius 2 is 1.62 bits per heavy atom. The summed E-state index contributed by atoms with van der Waals surface area (Å²) in [7, 11) is 1.24. The lowest BCUT2D eigenvalue weighted by Crippen LogP contribution is -2.12. The number of aryl methyl sites for hydroxylation is 1. The lowest BCUT2D eigenvalue weighted by Gasteiger charge is -2.10. The van der Waals surface area contributed by atoms with Gasteiger partial charge in [-0.2, -0.15) is 0 Å². The van der Waals surface area contributed by atoms with E-state index in [-0.39, 0.29) is 22.6 Å². The summed E-state index contributed by atoms with van der Waals surface area (Å²) in [4.78, 5) is 23.7. The van der Waals surface area contributed by atoms with E-state index in [1.807, 2.05) is 0 Å². The van der Waals surface area contributed by atoms with Gasteiger partial charge in [0.25, 0.3) is 0 Å². The average Bonchev–Trinajstić information content (AvgIpc) is 2.49. The Kier molecular flexibility index (Phi) is 4.23. The first-order chi connectivity index (χ1) is 10.0. The fourth-order valence-corrected chi connectivity index (χ4v) is 1.81. The third-order valence-corrected chi connectivity index (χ3v) is 2.95. The molecule has 0 spiro atoms. The van der Waals surface area contributed by atoms with E-state index in [0.29, 0.717) is 5.56 Å². The molecule has 5 heteroatoms. The van der Waals surface area contributed by atoms with Crippen molar-refractivity contribution in [1.29, 1.82) is 0 Å². The second-order valence-electron chi connectivity index (χ2n) is 4.35. The Morgan fingerprint density at radius 3 is 2.33 bits per heavy atom. The maximum atomic E-state index is 12.1. The van der Waals surface area contributed by atoms with Crippen LogP contribution >= 0.6 is 0 Å². The number of benzene rings is 2. The van der Waals surface area contributed by atoms with Crippen molar-refractivity contribution < 1.29 is 24.2 Å². The van der Waals surface area contributed by atoms with Crippen molar-refractivity contribution in [3.05, 3.63) is 59.2 Å². The van der Waals surface area contributed by atoms with Crippen LogP contribution in [-0.4, -0.2) is 24.2 Å². The quantitative estimate of drug-likeness (QED) is 0.693. The van der Waals surface area contributed by atoms with Crippen molar-refractivity contribution in [2.75, 3.05) is 7.11 Å². The number of para-hydroxylation sites is 2. The summed E-state index contributed by atoms with van der Waals surface area (Å²) >= 11 is 0. The van der Waals surface area contributed by atoms with Crippen LogP contribution in [0, 0.1) is 6.92 Å². The second-order valence-corrected chi connectivity index (χ2v) is 4.35. The first-order valence-electron chi connectivity index (χ1n) is 6.22. The normalized spacial score (nSPS) is 10.0. The predicted molar refractivity (Wildman–Crippen MR) is 75.6 cm³/mol. The molecule has 1 N–H and O–H groups in total. The minimum Gasteiger partial charge on any atom is -0.507 e. The average molecular weight is 286 g/mol. The highest BCUT2D eigenvalue weighted by atomic mass is 16.5. The van der Waals surface area contributed by atoms with Gasteiger partial charge >= 0.3 is 11.9 Å². The van der Waals surface area contributed by atoms with Gasteiger partial charge in [-0.05, 0) is 30.7 Å². The van der Waals surface area contributed by atoms with E-state index in [1.54, 1.807) is 31.2 Å². The molecule has 0 atom stereocenters. The third-order valence-electron chi connectivity index (χ3n) is 2.95. The molecule has 0 aliphatic rings. The number of phenolic OH excluding ortho intramolecular Hbond substituents is 1. The molecule has 0 amide bonds. The van der Waals surface area contributed by atoms with Crippen molar-refractivity contribution in [1.82, 2.24) is 0 Å². The molecule has 2 aromatic carbocycles. The van der Waals surface area contributed by atoms with E-state index in [9.17, 15) is 14.7 Å². The zero-order valence-electron chi connectivity index (χ0n) is 11.6. The van der Waals surface area contributed by atoms with E-state index in [4.69, 9.17) is 4.74 Å². The van der Waals surface area contributed by atoms with Gasteiger partial charge in [0.2, 0.25) is 0 Å². The molecule has 2 rings (SSSR count). The standard InChI is InChI=1S/C16H14O5/c1-10-6-5-8-12(14(10)17)16(19)21-13-9-4-3-7-11(13)15(18)20-2/h3-9,17H,1-2H3. The van der Waals surface area contributed by atoms with Crippen LogP contribution in [0.5, 0.6) is 11.5 Å². The molecule has 2 aromatic rings. The van der Waals surface area contributed by atoms with E-state index in [1.165, 1.54) is 25.3 Å². The third kappa shape index (κ3) is 3.02. The van der Waals surface area contributed by atoms with Gasteiger partial charge in [0, 0.05) is 0 Å². The van der Waals surface area contributed by atoms with Gasteiger partial charge in [-0.1, -0.05) is 24.3 Å². The fraction of sp³-hybridized carbons (Fsp3) is 0.125. The number of carbonyl (C=O) groups is 2. The fourth-order valence-electron chi connectivity index (χ4n) is 1.81. The van der Waals surface area contributed by atoms with Gasteiger partial charge in [0.1, 0.15) is 22.6 Å². The molecule has 0 saturated carbocycles. The summed E-state index contributed by atoms with van der Waals surface area (Å²) in [5.74, 6) is -1.41. The maximum Gasteiger partial charge on any atom is 0.347 e. The van der Waals surface area contributed by atoms with Crippen LogP contribution in [0.1, 0.15) is 26.3 Å². The first-order valence-corrected chi connectivity index (χ1v) is 6.22. The number of hydrogen-bond acceptors (Lipinski definition) is 5. The summed E-state index contributed by atoms with van der Waals surface area (Å²) in [6, 6.07) is 11.0. The smallest absolute Gasteiger partial charge is 0.347 e. The van der Waals surface area contributed by atoms with Crippen LogP contribution in [0.15, 0.2) is 42.5 Å². The highest BCUT2D eigenvalue weighted by Crippen LogP contribution is 2.25. The maximum absolute atomic E-state index is 12.1. The zero-order valence-corrected chi connectivity index (χ0v) is 11.6. The largest absolute Gasteiger partial charge is 0.507 e. The Bertz CT molecular complexity index is 691. The molecule has 0 aliphatic carbocycles. The monoisotopic (exact) mass is 286 g/mol. The Morgan fingerprint density at radius 1 is 0.952 bits per heavy atom. The van der Waals surface area contributed by atoms with Crippen LogP contribution in [0.2, 0.25) is 0 Å². The molecular weight excluding hydrogens is 272 g/mol. The molecule has 21 heavy (non-hydrogen) atoms. The van der Waals surface area contributed by atoms with Gasteiger partial charge in [0.15, 0.2) is 0 Å². The van der Waals surface area contributed by atoms with Crippen molar-refractivity contribution >= 4 is 11.9 Å². The van der Waals surface area contributed by atoms with Gasteiger partial charge in [-0.25, -0.2) is 9.59 Å². The number of carbonyl (C=O) groups excluding carboxylic acids is 2. The molecule has 5 nitrogen and oxygen atoms in total. The number of rotatable bonds is 3. The van der Waals surface area contributed by atoms with Crippen molar-refractivity contribution in [2.24, 2.45) is 0 Å². The highest BCUT2D eigenvalue weighted by Gasteiger charge is 2.19. The Labute approximate surface area is 121 Å². The van der Waals surface area contributed by atoms with E-state index >= 15 is 0 Å². The molecule has 0 bridgehead atoms. The number of esters is 2. The van der Waals surface area contributed by atoms with Crippen LogP contribution in [0.3, 0.4) is 0 Å². The highest BCUT2D eigenvalue weighted by molar-refractivity contribution is 5.97. The molecule has 0 aromatic heterocycles. The minimum absolute atomic E-state index is 0.0367. The van der Waals surface area contributed by atoms with Gasteiger partial charge in [-0.3, -0.25) is 0 Å². The van der Waals surface area contributed by atoms with Crippen LogP contribution in [-0.2, 0) is 4.74 Å². The van der Waals surface area contributed by atoms with Crippen LogP contribution in [0.4, 0.5) is 0 Å². The van der Waals surface area contributed by atoms with E-state index in [2.05, 4.69) is 4.74 Å². The first kappa shape index (κ1) is 14.6. The summed E-state index contributed by atoms with van der Waals surface area (Å²) < 4.78 is 9.82. The SMILES string of the molecule is COC(=O)c1ccccc1OC(=O)c1cccc(C)c1O. The summed E-state index contributed by atoms with van der Waals surface area (Å²) in [5.41, 5.74) is 0.737. The van der Waals surface area contributed by atoms with E-state index in [0.717, 1.165) is 0 Å². The number of hydrogen-bond donors (Lipinski definition) is 1. The van der Waals surface area contributed by atoms with Gasteiger partial charge in [-0.15, -0.1) is 0 Å². The number of phenols is 1. The van der Waals surface area contributed by atoms with Crippen molar-refractivity contribution in [3.63, 3.8) is 0 Å². The lowest BCUT2D eigenvalue weighted by molar-refractivity contribution is 0.0593. The zero-order chi connectivity index (χ0) is 15.4. The second kappa shape index (κ2) is 6.09. The van der Waals surface area contributed by atoms with Crippen LogP contribution in [0.25, 0.3) is 0 Å². The molecular formula is C16H14O5. The summed E-state index contributed by atoms with van der Waals surface area (Å²) in [5, 5.41) is 9.88. The lowest BCUT2D eigenvalue weighted by atomic mass is 10.1. The number of ether oxygens (including phenoxy) is 2. The van der Waals surface area contributed by atoms with Crippen molar-refractivity contribution in [3.8, 4) is 11.5 Å². The number of aromatic hydroxyl groups is 1. The molecule has 0 saturated heterocycles. The molecule has 0 heterocycles. The van der Waals surface area contributed by atoms with Crippen LogP contribution < -0.4 is 4.74 Å². The molecule has 0 aliphatic heterocycles. The van der Waals surface area contributed by atoms with Gasteiger partial charge in [0.05, 0.1) is 7.11 Å². The molecule has 0 unspecified atom stereocenters. The minimum atomic E-state index is -0.743. The van der Waals surface area contributed by atoms with Crippen molar-refractivity contribution in [2.45, 2.75) is 6.92 Å². The topological polar surface area (TPSA) is 72.8 Å². The summed E-state index contributed by atoms with van der Waals surface area (Å²) in [6.45, 7) is 1.68. The molecule has 108 valence electrons. The number of methoxy groups -OCH3 is 1. The predicted octanol–water partition coefficient (Wildman–Crippen LogP) is 2.71. The Hall–Kier alpha value is -2.82. The summed E-state index contributed by atoms with van der Waals surface area (Å²) in [6.07, 6.45) is 0. The molecule has 0 fully saturated rings. The van der Waals surface area contributed by atoms with E-state index < -0.39 is 11.9 Å².